The summed E-state index contributed by atoms with van der Waals surface area (Å²) in [6.45, 7) is 3.97. The van der Waals surface area contributed by atoms with Crippen LogP contribution < -0.4 is 5.32 Å². The van der Waals surface area contributed by atoms with Gasteiger partial charge in [-0.05, 0) is 31.5 Å². The lowest BCUT2D eigenvalue weighted by atomic mass is 10.0. The molecule has 4 nitrogen and oxygen atoms in total. The molecule has 0 spiro atoms. The highest BCUT2D eigenvalue weighted by Crippen LogP contribution is 2.45. The van der Waals surface area contributed by atoms with Crippen molar-refractivity contribution in [3.8, 4) is 5.69 Å². The van der Waals surface area contributed by atoms with E-state index in [-0.39, 0.29) is 16.4 Å². The van der Waals surface area contributed by atoms with Gasteiger partial charge in [0.15, 0.2) is 0 Å². The fraction of sp³-hybridized carbons (Fsp3) is 0.200. The summed E-state index contributed by atoms with van der Waals surface area (Å²) in [5, 5.41) is 7.76. The molecule has 0 aliphatic carbocycles. The first-order valence-corrected chi connectivity index (χ1v) is 9.25. The Morgan fingerprint density at radius 2 is 1.68 bits per heavy atom. The Kier molecular flexibility index (Phi) is 4.09. The molecule has 1 N–H and O–H groups in total. The van der Waals surface area contributed by atoms with Crippen LogP contribution in [0.1, 0.15) is 29.0 Å². The largest absolute Gasteiger partial charge is 0.309 e. The fourth-order valence-corrected chi connectivity index (χ4v) is 4.48. The predicted molar refractivity (Wildman–Crippen MR) is 102 cm³/mol. The van der Waals surface area contributed by atoms with E-state index in [1.54, 1.807) is 11.8 Å². The quantitative estimate of drug-likeness (QED) is 0.748. The van der Waals surface area contributed by atoms with Gasteiger partial charge in [-0.1, -0.05) is 48.5 Å². The van der Waals surface area contributed by atoms with Gasteiger partial charge < -0.3 is 5.32 Å². The van der Waals surface area contributed by atoms with Gasteiger partial charge in [-0.25, -0.2) is 4.68 Å². The third kappa shape index (κ3) is 2.85. The number of amides is 1. The van der Waals surface area contributed by atoms with E-state index in [0.29, 0.717) is 0 Å². The molecule has 126 valence electrons. The van der Waals surface area contributed by atoms with Gasteiger partial charge in [0.1, 0.15) is 5.82 Å². The number of carbonyl (C=O) groups excluding carboxylic acids is 1. The summed E-state index contributed by atoms with van der Waals surface area (Å²) < 4.78 is 1.84. The SMILES string of the molecule is Cc1nn(-c2ccccc2)c2c1[C@@H](c1ccccc1)S[C@@H](C)C(=O)N2. The molecule has 1 aliphatic rings. The maximum Gasteiger partial charge on any atom is 0.238 e. The Bertz CT molecular complexity index is 905. The molecule has 5 heteroatoms. The van der Waals surface area contributed by atoms with Gasteiger partial charge in [0.25, 0.3) is 0 Å². The van der Waals surface area contributed by atoms with Crippen molar-refractivity contribution >= 4 is 23.5 Å². The Morgan fingerprint density at radius 3 is 2.36 bits per heavy atom. The summed E-state index contributed by atoms with van der Waals surface area (Å²) in [7, 11) is 0. The molecule has 0 unspecified atom stereocenters. The second-order valence-electron chi connectivity index (χ2n) is 6.15. The molecule has 0 saturated carbocycles. The molecule has 0 bridgehead atoms. The van der Waals surface area contributed by atoms with Crippen LogP contribution in [0.3, 0.4) is 0 Å². The molecule has 1 aliphatic heterocycles. The molecule has 0 saturated heterocycles. The van der Waals surface area contributed by atoms with Crippen molar-refractivity contribution in [3.05, 3.63) is 77.5 Å². The van der Waals surface area contributed by atoms with Crippen molar-refractivity contribution in [3.63, 3.8) is 0 Å². The van der Waals surface area contributed by atoms with Crippen LogP contribution in [-0.2, 0) is 4.79 Å². The normalized spacial score (nSPS) is 19.8. The molecule has 3 aromatic rings. The van der Waals surface area contributed by atoms with Gasteiger partial charge in [0, 0.05) is 5.56 Å². The fourth-order valence-electron chi connectivity index (χ4n) is 3.15. The molecule has 2 atom stereocenters. The second kappa shape index (κ2) is 6.41. The van der Waals surface area contributed by atoms with Gasteiger partial charge in [-0.2, -0.15) is 5.10 Å². The highest BCUT2D eigenvalue weighted by Gasteiger charge is 2.33. The number of nitrogens with one attached hydrogen (secondary N) is 1. The number of anilines is 1. The van der Waals surface area contributed by atoms with Crippen LogP contribution in [0.15, 0.2) is 60.7 Å². The van der Waals surface area contributed by atoms with E-state index in [2.05, 4.69) is 17.4 Å². The number of thioether (sulfide) groups is 1. The zero-order chi connectivity index (χ0) is 17.4. The smallest absolute Gasteiger partial charge is 0.238 e. The number of carbonyl (C=O) groups is 1. The lowest BCUT2D eigenvalue weighted by Crippen LogP contribution is -2.22. The number of hydrogen-bond donors (Lipinski definition) is 1. The maximum atomic E-state index is 12.6. The summed E-state index contributed by atoms with van der Waals surface area (Å²) >= 11 is 1.67. The minimum atomic E-state index is -0.138. The number of aromatic nitrogens is 2. The third-order valence-electron chi connectivity index (χ3n) is 4.42. The molecule has 2 aromatic carbocycles. The van der Waals surface area contributed by atoms with Crippen molar-refractivity contribution in [2.24, 2.45) is 0 Å². The summed E-state index contributed by atoms with van der Waals surface area (Å²) in [6.07, 6.45) is 0. The molecular formula is C20H19N3OS. The van der Waals surface area contributed by atoms with E-state index in [9.17, 15) is 4.79 Å². The topological polar surface area (TPSA) is 46.9 Å². The van der Waals surface area contributed by atoms with Crippen molar-refractivity contribution in [1.82, 2.24) is 9.78 Å². The van der Waals surface area contributed by atoms with Gasteiger partial charge in [-0.3, -0.25) is 4.79 Å². The number of benzene rings is 2. The summed E-state index contributed by atoms with van der Waals surface area (Å²) in [5.74, 6) is 0.793. The highest BCUT2D eigenvalue weighted by molar-refractivity contribution is 8.01. The van der Waals surface area contributed by atoms with E-state index in [1.807, 2.05) is 67.1 Å². The van der Waals surface area contributed by atoms with Gasteiger partial charge in [0.2, 0.25) is 5.91 Å². The molecule has 1 amide bonds. The standard InChI is InChI=1S/C20H19N3OS/c1-13-17-18(15-9-5-3-6-10-15)25-14(2)20(24)21-19(17)23(22-13)16-11-7-4-8-12-16/h3-12,14,18H,1-2H3,(H,21,24)/t14-,18+/m0/s1. The van der Waals surface area contributed by atoms with Crippen LogP contribution in [0, 0.1) is 6.92 Å². The van der Waals surface area contributed by atoms with Crippen LogP contribution >= 0.6 is 11.8 Å². The van der Waals surface area contributed by atoms with Crippen molar-refractivity contribution in [2.45, 2.75) is 24.3 Å². The Morgan fingerprint density at radius 1 is 1.04 bits per heavy atom. The molecular weight excluding hydrogens is 330 g/mol. The summed E-state index contributed by atoms with van der Waals surface area (Å²) in [6, 6.07) is 20.2. The minimum absolute atomic E-state index is 0.0155. The zero-order valence-corrected chi connectivity index (χ0v) is 15.0. The van der Waals surface area contributed by atoms with Crippen molar-refractivity contribution in [2.75, 3.05) is 5.32 Å². The monoisotopic (exact) mass is 349 g/mol. The zero-order valence-electron chi connectivity index (χ0n) is 14.1. The number of rotatable bonds is 2. The first kappa shape index (κ1) is 16.0. The lowest BCUT2D eigenvalue weighted by Gasteiger charge is -2.17. The van der Waals surface area contributed by atoms with Gasteiger partial charge >= 0.3 is 0 Å². The molecule has 0 radical (unpaired) electrons. The lowest BCUT2D eigenvalue weighted by molar-refractivity contribution is -0.115. The second-order valence-corrected chi connectivity index (χ2v) is 7.60. The maximum absolute atomic E-state index is 12.6. The van der Waals surface area contributed by atoms with E-state index in [0.717, 1.165) is 22.8 Å². The van der Waals surface area contributed by atoms with E-state index in [4.69, 9.17) is 5.10 Å². The molecule has 1 aromatic heterocycles. The summed E-state index contributed by atoms with van der Waals surface area (Å²) in [4.78, 5) is 12.6. The molecule has 0 fully saturated rings. The van der Waals surface area contributed by atoms with Crippen LogP contribution in [0.2, 0.25) is 0 Å². The number of hydrogen-bond acceptors (Lipinski definition) is 3. The van der Waals surface area contributed by atoms with Crippen LogP contribution in [0.5, 0.6) is 0 Å². The Hall–Kier alpha value is -2.53. The molecule has 25 heavy (non-hydrogen) atoms. The number of nitrogens with zero attached hydrogens (tertiary/aromatic N) is 2. The van der Waals surface area contributed by atoms with Gasteiger partial charge in [0.05, 0.1) is 21.9 Å². The molecule has 2 heterocycles. The first-order valence-electron chi connectivity index (χ1n) is 8.31. The van der Waals surface area contributed by atoms with Crippen LogP contribution in [0.25, 0.3) is 5.69 Å². The predicted octanol–water partition coefficient (Wildman–Crippen LogP) is 4.34. The van der Waals surface area contributed by atoms with E-state index in [1.165, 1.54) is 5.56 Å². The van der Waals surface area contributed by atoms with E-state index >= 15 is 0 Å². The minimum Gasteiger partial charge on any atom is -0.309 e. The van der Waals surface area contributed by atoms with Crippen LogP contribution in [0.4, 0.5) is 5.82 Å². The number of aryl methyl sites for hydroxylation is 1. The summed E-state index contributed by atoms with van der Waals surface area (Å²) in [5.41, 5.74) is 4.15. The van der Waals surface area contributed by atoms with Gasteiger partial charge in [-0.15, -0.1) is 11.8 Å². The molecule has 4 rings (SSSR count). The van der Waals surface area contributed by atoms with E-state index < -0.39 is 0 Å². The number of fused-ring (bicyclic) bond motifs is 1. The average molecular weight is 349 g/mol. The first-order chi connectivity index (χ1) is 12.1. The van der Waals surface area contributed by atoms with Crippen molar-refractivity contribution in [1.29, 1.82) is 0 Å². The third-order valence-corrected chi connectivity index (χ3v) is 5.83. The Balaban J connectivity index is 1.92. The van der Waals surface area contributed by atoms with Crippen molar-refractivity contribution < 1.29 is 4.79 Å². The highest BCUT2D eigenvalue weighted by atomic mass is 32.2. The average Bonchev–Trinajstić information content (AvgIpc) is 2.89. The van der Waals surface area contributed by atoms with Crippen LogP contribution in [-0.4, -0.2) is 20.9 Å². The Labute approximate surface area is 151 Å². The number of para-hydroxylation sites is 1.